The lowest BCUT2D eigenvalue weighted by Crippen LogP contribution is -2.65. The fraction of sp³-hybridized carbons (Fsp3) is 0.952. The Morgan fingerprint density at radius 3 is 2.48 bits per heavy atom. The number of fused-ring (bicyclic) bond motifs is 1. The molecule has 0 amide bonds. The molecular formula is C21H38O4. The molecule has 2 rings (SSSR count). The summed E-state index contributed by atoms with van der Waals surface area (Å²) in [6.07, 6.45) is 5.58. The second kappa shape index (κ2) is 7.19. The van der Waals surface area contributed by atoms with Crippen LogP contribution >= 0.6 is 0 Å². The minimum absolute atomic E-state index is 0.126. The van der Waals surface area contributed by atoms with Crippen LogP contribution in [0.3, 0.4) is 0 Å². The first-order chi connectivity index (χ1) is 11.5. The zero-order chi connectivity index (χ0) is 19.0. The average Bonchev–Trinajstić information content (AvgIpc) is 2.55. The minimum atomic E-state index is -1.03. The Morgan fingerprint density at radius 2 is 1.88 bits per heavy atom. The highest BCUT2D eigenvalue weighted by atomic mass is 16.5. The Hall–Kier alpha value is -0.610. The van der Waals surface area contributed by atoms with E-state index >= 15 is 0 Å². The Kier molecular flexibility index (Phi) is 5.95. The van der Waals surface area contributed by atoms with Gasteiger partial charge in [-0.2, -0.15) is 0 Å². The van der Waals surface area contributed by atoms with E-state index in [9.17, 15) is 15.0 Å². The summed E-state index contributed by atoms with van der Waals surface area (Å²) >= 11 is 0. The van der Waals surface area contributed by atoms with Crippen molar-refractivity contribution in [3.8, 4) is 0 Å². The predicted molar refractivity (Wildman–Crippen MR) is 99.0 cm³/mol. The number of carbonyl (C=O) groups excluding carboxylic acids is 1. The van der Waals surface area contributed by atoms with Crippen molar-refractivity contribution in [1.82, 2.24) is 0 Å². The molecule has 2 aliphatic carbocycles. The number of methoxy groups -OCH3 is 1. The third-order valence-corrected chi connectivity index (χ3v) is 8.24. The van der Waals surface area contributed by atoms with Crippen LogP contribution in [0.15, 0.2) is 0 Å². The van der Waals surface area contributed by atoms with E-state index < -0.39 is 11.7 Å². The van der Waals surface area contributed by atoms with E-state index in [1.165, 1.54) is 7.11 Å². The van der Waals surface area contributed by atoms with Crippen LogP contribution < -0.4 is 0 Å². The molecule has 0 heterocycles. The van der Waals surface area contributed by atoms with Crippen LogP contribution in [-0.2, 0) is 9.53 Å². The van der Waals surface area contributed by atoms with Gasteiger partial charge in [0, 0.05) is 11.8 Å². The number of ether oxygens (including phenoxy) is 1. The monoisotopic (exact) mass is 354 g/mol. The van der Waals surface area contributed by atoms with Crippen LogP contribution in [-0.4, -0.2) is 35.0 Å². The molecule has 0 bridgehead atoms. The zero-order valence-electron chi connectivity index (χ0n) is 17.0. The number of aliphatic hydroxyl groups excluding tert-OH is 1. The number of esters is 1. The van der Waals surface area contributed by atoms with Gasteiger partial charge in [0.25, 0.3) is 0 Å². The number of rotatable bonds is 5. The second-order valence-corrected chi connectivity index (χ2v) is 9.58. The van der Waals surface area contributed by atoms with Gasteiger partial charge in [-0.3, -0.25) is 4.79 Å². The lowest BCUT2D eigenvalue weighted by atomic mass is 9.43. The highest BCUT2D eigenvalue weighted by molar-refractivity contribution is 5.69. The minimum Gasteiger partial charge on any atom is -0.469 e. The molecule has 2 N–H and O–H groups in total. The summed E-state index contributed by atoms with van der Waals surface area (Å²) in [4.78, 5) is 11.5. The Bertz CT molecular complexity index is 488. The lowest BCUT2D eigenvalue weighted by Gasteiger charge is -2.64. The summed E-state index contributed by atoms with van der Waals surface area (Å²) in [5.74, 6) is 1.15. The van der Waals surface area contributed by atoms with Crippen molar-refractivity contribution in [2.45, 2.75) is 91.3 Å². The van der Waals surface area contributed by atoms with Gasteiger partial charge in [0.2, 0.25) is 0 Å². The molecule has 2 fully saturated rings. The van der Waals surface area contributed by atoms with Gasteiger partial charge in [-0.25, -0.2) is 0 Å². The topological polar surface area (TPSA) is 66.8 Å². The van der Waals surface area contributed by atoms with E-state index in [2.05, 4.69) is 27.7 Å². The molecule has 4 nitrogen and oxygen atoms in total. The molecular weight excluding hydrogens is 316 g/mol. The largest absolute Gasteiger partial charge is 0.469 e. The molecule has 0 saturated heterocycles. The third kappa shape index (κ3) is 3.49. The van der Waals surface area contributed by atoms with Gasteiger partial charge in [0.15, 0.2) is 0 Å². The van der Waals surface area contributed by atoms with E-state index in [4.69, 9.17) is 4.74 Å². The van der Waals surface area contributed by atoms with Crippen molar-refractivity contribution in [3.63, 3.8) is 0 Å². The third-order valence-electron chi connectivity index (χ3n) is 8.24. The smallest absolute Gasteiger partial charge is 0.305 e. The summed E-state index contributed by atoms with van der Waals surface area (Å²) in [6, 6.07) is 0. The van der Waals surface area contributed by atoms with Crippen molar-refractivity contribution in [2.75, 3.05) is 7.11 Å². The molecule has 4 heteroatoms. The number of hydrogen-bond donors (Lipinski definition) is 2. The Balaban J connectivity index is 2.18. The maximum Gasteiger partial charge on any atom is 0.305 e. The summed E-state index contributed by atoms with van der Waals surface area (Å²) in [6.45, 7) is 10.8. The second-order valence-electron chi connectivity index (χ2n) is 9.58. The SMILES string of the molecule is COC(=O)CC(C)CC[C@@]1(C)[C@H](C)CC[C@]2(C)[C@@H]1CC[C@@H](O)[C@]2(C)O. The molecule has 146 valence electrons. The number of hydrogen-bond acceptors (Lipinski definition) is 4. The normalized spacial score (nSPS) is 45.5. The Morgan fingerprint density at radius 1 is 1.24 bits per heavy atom. The average molecular weight is 355 g/mol. The molecule has 0 aromatic carbocycles. The first kappa shape index (κ1) is 20.7. The van der Waals surface area contributed by atoms with Crippen LogP contribution in [0.25, 0.3) is 0 Å². The standard InChI is InChI=1S/C21H38O4/c1-14(13-18(23)25-6)9-11-19(3)15(2)10-12-20(4)16(19)7-8-17(22)21(20,5)24/h14-17,22,24H,7-13H2,1-6H3/t14?,15-,16-,17-,19+,20-,21+/m1/s1. The van der Waals surface area contributed by atoms with Crippen LogP contribution in [0, 0.1) is 28.6 Å². The van der Waals surface area contributed by atoms with Crippen LogP contribution in [0.4, 0.5) is 0 Å². The van der Waals surface area contributed by atoms with Crippen molar-refractivity contribution in [2.24, 2.45) is 28.6 Å². The van der Waals surface area contributed by atoms with Crippen LogP contribution in [0.2, 0.25) is 0 Å². The molecule has 7 atom stereocenters. The van der Waals surface area contributed by atoms with Gasteiger partial charge in [-0.05, 0) is 68.6 Å². The van der Waals surface area contributed by atoms with E-state index in [0.717, 1.165) is 32.1 Å². The summed E-state index contributed by atoms with van der Waals surface area (Å²) in [5.41, 5.74) is -1.16. The highest BCUT2D eigenvalue weighted by Crippen LogP contribution is 2.64. The van der Waals surface area contributed by atoms with E-state index in [-0.39, 0.29) is 16.8 Å². The quantitative estimate of drug-likeness (QED) is 0.734. The van der Waals surface area contributed by atoms with Gasteiger partial charge in [-0.15, -0.1) is 0 Å². The first-order valence-corrected chi connectivity index (χ1v) is 9.96. The van der Waals surface area contributed by atoms with Gasteiger partial charge in [0.1, 0.15) is 0 Å². The Labute approximate surface area is 153 Å². The van der Waals surface area contributed by atoms with E-state index in [0.29, 0.717) is 30.6 Å². The molecule has 25 heavy (non-hydrogen) atoms. The molecule has 2 saturated carbocycles. The van der Waals surface area contributed by atoms with E-state index in [1.54, 1.807) is 0 Å². The molecule has 0 aromatic heterocycles. The fourth-order valence-electron chi connectivity index (χ4n) is 5.78. The van der Waals surface area contributed by atoms with Crippen molar-refractivity contribution in [3.05, 3.63) is 0 Å². The molecule has 1 unspecified atom stereocenters. The zero-order valence-corrected chi connectivity index (χ0v) is 17.0. The van der Waals surface area contributed by atoms with Gasteiger partial charge < -0.3 is 14.9 Å². The summed E-state index contributed by atoms with van der Waals surface area (Å²) < 4.78 is 4.80. The van der Waals surface area contributed by atoms with E-state index in [1.807, 2.05) is 6.92 Å². The summed E-state index contributed by atoms with van der Waals surface area (Å²) in [7, 11) is 1.44. The maximum atomic E-state index is 11.5. The van der Waals surface area contributed by atoms with Gasteiger partial charge in [0.05, 0.1) is 18.8 Å². The first-order valence-electron chi connectivity index (χ1n) is 9.96. The lowest BCUT2D eigenvalue weighted by molar-refractivity contribution is -0.235. The van der Waals surface area contributed by atoms with Gasteiger partial charge in [-0.1, -0.05) is 27.7 Å². The van der Waals surface area contributed by atoms with Crippen molar-refractivity contribution < 1.29 is 19.7 Å². The predicted octanol–water partition coefficient (Wildman–Crippen LogP) is 3.93. The molecule has 0 aliphatic heterocycles. The molecule has 0 radical (unpaired) electrons. The number of carbonyl (C=O) groups is 1. The summed E-state index contributed by atoms with van der Waals surface area (Å²) in [5, 5.41) is 21.6. The maximum absolute atomic E-state index is 11.5. The fourth-order valence-corrected chi connectivity index (χ4v) is 5.78. The number of aliphatic hydroxyl groups is 2. The van der Waals surface area contributed by atoms with Crippen molar-refractivity contribution in [1.29, 1.82) is 0 Å². The van der Waals surface area contributed by atoms with Gasteiger partial charge >= 0.3 is 5.97 Å². The molecule has 0 aromatic rings. The van der Waals surface area contributed by atoms with Crippen LogP contribution in [0.5, 0.6) is 0 Å². The van der Waals surface area contributed by atoms with Crippen molar-refractivity contribution >= 4 is 5.97 Å². The molecule has 0 spiro atoms. The molecule has 2 aliphatic rings. The van der Waals surface area contributed by atoms with Crippen LogP contribution in [0.1, 0.15) is 79.6 Å². The highest BCUT2D eigenvalue weighted by Gasteiger charge is 2.62.